The molecule has 3 aromatic rings. The second kappa shape index (κ2) is 13.3. The van der Waals surface area contributed by atoms with Gasteiger partial charge in [0.15, 0.2) is 0 Å². The maximum absolute atomic E-state index is 3.85. The molecule has 0 fully saturated rings. The van der Waals surface area contributed by atoms with Gasteiger partial charge in [0, 0.05) is 18.1 Å². The van der Waals surface area contributed by atoms with Gasteiger partial charge in [0.25, 0.3) is 0 Å². The molecule has 3 aromatic carbocycles. The standard InChI is InChI=1S/C36H47N3/c1(8-16-34-31-13-5-2-10-28(31)21-24-37-34)9-27(17-19-35-32-14-6-3-11-29(32)22-25-38-35)18-20-36-33-15-7-4-12-30(33)23-26-39-36/h2-7,10-15,27,34-39H,1,8-9,16-26H2. The van der Waals surface area contributed by atoms with Crippen molar-refractivity contribution < 1.29 is 0 Å². The Labute approximate surface area is 236 Å². The predicted molar refractivity (Wildman–Crippen MR) is 163 cm³/mol. The largest absolute Gasteiger partial charge is 0.310 e. The number of benzene rings is 3. The molecule has 206 valence electrons. The molecular weight excluding hydrogens is 474 g/mol. The highest BCUT2D eigenvalue weighted by Gasteiger charge is 2.24. The summed E-state index contributed by atoms with van der Waals surface area (Å²) in [6.45, 7) is 3.35. The van der Waals surface area contributed by atoms with E-state index in [0.29, 0.717) is 18.1 Å². The van der Waals surface area contributed by atoms with Crippen LogP contribution in [0.25, 0.3) is 0 Å². The maximum atomic E-state index is 3.85. The highest BCUT2D eigenvalue weighted by Crippen LogP contribution is 2.34. The van der Waals surface area contributed by atoms with Crippen molar-refractivity contribution in [2.75, 3.05) is 19.6 Å². The van der Waals surface area contributed by atoms with Gasteiger partial charge < -0.3 is 16.0 Å². The number of nitrogens with one attached hydrogen (secondary N) is 3. The molecule has 0 aromatic heterocycles. The Hall–Kier alpha value is -2.46. The zero-order valence-corrected chi connectivity index (χ0v) is 23.6. The lowest BCUT2D eigenvalue weighted by Crippen LogP contribution is -2.31. The Morgan fingerprint density at radius 1 is 0.487 bits per heavy atom. The number of hydrogen-bond donors (Lipinski definition) is 3. The van der Waals surface area contributed by atoms with Crippen molar-refractivity contribution in [2.24, 2.45) is 5.92 Å². The topological polar surface area (TPSA) is 36.1 Å². The minimum absolute atomic E-state index is 0.522. The molecule has 0 saturated heterocycles. The molecule has 3 aliphatic heterocycles. The van der Waals surface area contributed by atoms with Gasteiger partial charge in [-0.05, 0) is 110 Å². The zero-order valence-electron chi connectivity index (χ0n) is 23.6. The van der Waals surface area contributed by atoms with Crippen LogP contribution in [0, 0.1) is 5.92 Å². The van der Waals surface area contributed by atoms with Crippen LogP contribution in [0.3, 0.4) is 0 Å². The molecule has 0 amide bonds. The van der Waals surface area contributed by atoms with Gasteiger partial charge in [0.05, 0.1) is 0 Å². The van der Waals surface area contributed by atoms with Crippen LogP contribution >= 0.6 is 0 Å². The van der Waals surface area contributed by atoms with Crippen LogP contribution in [0.15, 0.2) is 72.8 Å². The average Bonchev–Trinajstić information content (AvgIpc) is 3.00. The van der Waals surface area contributed by atoms with Gasteiger partial charge in [-0.2, -0.15) is 0 Å². The first kappa shape index (κ1) is 26.7. The third-order valence-electron chi connectivity index (χ3n) is 9.73. The number of hydrogen-bond acceptors (Lipinski definition) is 3. The lowest BCUT2D eigenvalue weighted by Gasteiger charge is -2.30. The van der Waals surface area contributed by atoms with Crippen molar-refractivity contribution >= 4 is 0 Å². The van der Waals surface area contributed by atoms with Crippen LogP contribution in [0.4, 0.5) is 0 Å². The number of fused-ring (bicyclic) bond motifs is 3. The summed E-state index contributed by atoms with van der Waals surface area (Å²) in [5.41, 5.74) is 9.31. The summed E-state index contributed by atoms with van der Waals surface area (Å²) >= 11 is 0. The first-order valence-corrected chi connectivity index (χ1v) is 15.8. The number of unbranched alkanes of at least 4 members (excludes halogenated alkanes) is 1. The molecule has 39 heavy (non-hydrogen) atoms. The van der Waals surface area contributed by atoms with Gasteiger partial charge >= 0.3 is 0 Å². The van der Waals surface area contributed by atoms with Crippen molar-refractivity contribution in [3.05, 3.63) is 106 Å². The molecule has 0 bridgehead atoms. The van der Waals surface area contributed by atoms with E-state index in [9.17, 15) is 0 Å². The summed E-state index contributed by atoms with van der Waals surface area (Å²) in [6, 6.07) is 28.9. The summed E-state index contributed by atoms with van der Waals surface area (Å²) in [6.07, 6.45) is 14.0. The molecule has 3 N–H and O–H groups in total. The van der Waals surface area contributed by atoms with Crippen LogP contribution in [0.2, 0.25) is 0 Å². The Balaban J connectivity index is 1.06. The summed E-state index contributed by atoms with van der Waals surface area (Å²) in [5.74, 6) is 0.795. The molecule has 0 spiro atoms. The molecule has 3 atom stereocenters. The molecule has 6 rings (SSSR count). The third-order valence-corrected chi connectivity index (χ3v) is 9.73. The fourth-order valence-electron chi connectivity index (χ4n) is 7.57. The predicted octanol–water partition coefficient (Wildman–Crippen LogP) is 7.38. The maximum Gasteiger partial charge on any atom is 0.0323 e. The van der Waals surface area contributed by atoms with Crippen molar-refractivity contribution in [2.45, 2.75) is 88.8 Å². The normalized spacial score (nSPS) is 22.9. The molecule has 0 saturated carbocycles. The fraction of sp³-hybridized carbons (Fsp3) is 0.500. The van der Waals surface area contributed by atoms with E-state index in [1.54, 1.807) is 33.4 Å². The summed E-state index contributed by atoms with van der Waals surface area (Å²) in [7, 11) is 0. The van der Waals surface area contributed by atoms with Crippen molar-refractivity contribution in [3.8, 4) is 0 Å². The highest BCUT2D eigenvalue weighted by atomic mass is 14.9. The Bertz CT molecular complexity index is 1140. The van der Waals surface area contributed by atoms with Gasteiger partial charge in [0.2, 0.25) is 0 Å². The van der Waals surface area contributed by atoms with Crippen LogP contribution in [0.1, 0.15) is 103 Å². The van der Waals surface area contributed by atoms with Crippen LogP contribution in [0.5, 0.6) is 0 Å². The third kappa shape index (κ3) is 6.65. The molecule has 0 aliphatic carbocycles. The van der Waals surface area contributed by atoms with E-state index in [0.717, 1.165) is 25.6 Å². The van der Waals surface area contributed by atoms with E-state index in [-0.39, 0.29) is 0 Å². The SMILES string of the molecule is c1ccc2c(c1)CCNC2CCCCC(CCC1NCCc2ccccc21)CCC1NCCc2ccccc21. The van der Waals surface area contributed by atoms with E-state index in [1.165, 1.54) is 70.6 Å². The molecule has 0 radical (unpaired) electrons. The lowest BCUT2D eigenvalue weighted by atomic mass is 9.83. The minimum Gasteiger partial charge on any atom is -0.310 e. The van der Waals surface area contributed by atoms with E-state index in [1.807, 2.05) is 0 Å². The smallest absolute Gasteiger partial charge is 0.0323 e. The average molecular weight is 522 g/mol. The van der Waals surface area contributed by atoms with E-state index >= 15 is 0 Å². The number of rotatable bonds is 11. The first-order valence-electron chi connectivity index (χ1n) is 15.8. The Morgan fingerprint density at radius 3 is 1.36 bits per heavy atom. The van der Waals surface area contributed by atoms with E-state index in [4.69, 9.17) is 0 Å². The summed E-state index contributed by atoms with van der Waals surface area (Å²) in [5, 5.41) is 11.5. The van der Waals surface area contributed by atoms with Gasteiger partial charge in [-0.25, -0.2) is 0 Å². The lowest BCUT2D eigenvalue weighted by molar-refractivity contribution is 0.323. The van der Waals surface area contributed by atoms with Crippen molar-refractivity contribution in [1.82, 2.24) is 16.0 Å². The summed E-state index contributed by atoms with van der Waals surface area (Å²) < 4.78 is 0. The summed E-state index contributed by atoms with van der Waals surface area (Å²) in [4.78, 5) is 0. The molecule has 3 heterocycles. The fourth-order valence-corrected chi connectivity index (χ4v) is 7.57. The van der Waals surface area contributed by atoms with Gasteiger partial charge in [0.1, 0.15) is 0 Å². The zero-order chi connectivity index (χ0) is 26.3. The first-order chi connectivity index (χ1) is 19.3. The monoisotopic (exact) mass is 521 g/mol. The molecule has 3 nitrogen and oxygen atoms in total. The Kier molecular flexibility index (Phi) is 9.10. The molecule has 3 unspecified atom stereocenters. The van der Waals surface area contributed by atoms with Gasteiger partial charge in [-0.15, -0.1) is 0 Å². The van der Waals surface area contributed by atoms with Crippen LogP contribution in [-0.4, -0.2) is 19.6 Å². The van der Waals surface area contributed by atoms with Crippen LogP contribution in [-0.2, 0) is 19.3 Å². The molecular formula is C36H47N3. The molecule has 3 heteroatoms. The Morgan fingerprint density at radius 2 is 0.897 bits per heavy atom. The van der Waals surface area contributed by atoms with E-state index in [2.05, 4.69) is 88.7 Å². The van der Waals surface area contributed by atoms with Gasteiger partial charge in [-0.1, -0.05) is 92.1 Å². The quantitative estimate of drug-likeness (QED) is 0.230. The van der Waals surface area contributed by atoms with Crippen LogP contribution < -0.4 is 16.0 Å². The van der Waals surface area contributed by atoms with Crippen molar-refractivity contribution in [1.29, 1.82) is 0 Å². The second-order valence-corrected chi connectivity index (χ2v) is 12.2. The van der Waals surface area contributed by atoms with Gasteiger partial charge in [-0.3, -0.25) is 0 Å². The highest BCUT2D eigenvalue weighted by molar-refractivity contribution is 5.34. The minimum atomic E-state index is 0.522. The van der Waals surface area contributed by atoms with Crippen molar-refractivity contribution in [3.63, 3.8) is 0 Å². The molecule has 3 aliphatic rings. The van der Waals surface area contributed by atoms with E-state index < -0.39 is 0 Å². The second-order valence-electron chi connectivity index (χ2n) is 12.2.